The highest BCUT2D eigenvalue weighted by atomic mass is 35.5. The molecule has 1 saturated heterocycles. The molecule has 0 saturated carbocycles. The van der Waals surface area contributed by atoms with Gasteiger partial charge in [-0.05, 0) is 98.7 Å². The fourth-order valence-electron chi connectivity index (χ4n) is 4.83. The van der Waals surface area contributed by atoms with Gasteiger partial charge in [-0.1, -0.05) is 23.7 Å². The van der Waals surface area contributed by atoms with Crippen LogP contribution in [0.25, 0.3) is 5.69 Å². The molecule has 172 valence electrons. The maximum absolute atomic E-state index is 14.1. The minimum Gasteiger partial charge on any atom is -0.351 e. The van der Waals surface area contributed by atoms with Gasteiger partial charge in [0.25, 0.3) is 0 Å². The molecule has 0 aliphatic carbocycles. The second-order valence-electron chi connectivity index (χ2n) is 8.57. The van der Waals surface area contributed by atoms with Crippen molar-refractivity contribution in [2.75, 3.05) is 4.90 Å². The summed E-state index contributed by atoms with van der Waals surface area (Å²) in [4.78, 5) is 6.70. The smallest absolute Gasteiger partial charge is 0.174 e. The van der Waals surface area contributed by atoms with Crippen molar-refractivity contribution in [3.63, 3.8) is 0 Å². The lowest BCUT2D eigenvalue weighted by molar-refractivity contribution is 0.564. The van der Waals surface area contributed by atoms with Gasteiger partial charge in [0.2, 0.25) is 0 Å². The number of nitrogens with zero attached hydrogens (tertiary/aromatic N) is 3. The highest BCUT2D eigenvalue weighted by molar-refractivity contribution is 7.80. The Hall–Kier alpha value is -3.22. The second-order valence-corrected chi connectivity index (χ2v) is 9.39. The summed E-state index contributed by atoms with van der Waals surface area (Å²) in [6.45, 7) is 5.95. The predicted molar refractivity (Wildman–Crippen MR) is 139 cm³/mol. The van der Waals surface area contributed by atoms with Crippen LogP contribution in [-0.2, 0) is 0 Å². The first-order valence-electron chi connectivity index (χ1n) is 11.1. The summed E-state index contributed by atoms with van der Waals surface area (Å²) in [6, 6.07) is 20.7. The summed E-state index contributed by atoms with van der Waals surface area (Å²) in [6.07, 6.45) is 1.79. The molecule has 4 nitrogen and oxygen atoms in total. The van der Waals surface area contributed by atoms with Gasteiger partial charge < -0.3 is 14.8 Å². The average Bonchev–Trinajstić information content (AvgIpc) is 3.31. The molecule has 2 aromatic carbocycles. The summed E-state index contributed by atoms with van der Waals surface area (Å²) >= 11 is 12.1. The third kappa shape index (κ3) is 3.87. The lowest BCUT2D eigenvalue weighted by atomic mass is 9.96. The topological polar surface area (TPSA) is 33.1 Å². The van der Waals surface area contributed by atoms with E-state index >= 15 is 0 Å². The molecule has 2 atom stereocenters. The van der Waals surface area contributed by atoms with E-state index in [2.05, 4.69) is 39.7 Å². The lowest BCUT2D eigenvalue weighted by Gasteiger charge is -2.28. The van der Waals surface area contributed by atoms with Gasteiger partial charge in [0.15, 0.2) is 5.11 Å². The SMILES string of the molecule is Cc1cc(N2C(=S)N[C@@H](c3ccccn3)[C@H]2c2cc(C)n(-c3cccc(Cl)c3)c2C)ccc1F. The van der Waals surface area contributed by atoms with E-state index in [1.54, 1.807) is 19.2 Å². The van der Waals surface area contributed by atoms with Crippen molar-refractivity contribution in [3.8, 4) is 5.69 Å². The molecule has 7 heteroatoms. The molecule has 1 N–H and O–H groups in total. The number of pyridine rings is 1. The zero-order chi connectivity index (χ0) is 24.0. The number of rotatable bonds is 4. The second kappa shape index (κ2) is 8.85. The van der Waals surface area contributed by atoms with Crippen molar-refractivity contribution in [2.24, 2.45) is 0 Å². The Morgan fingerprint density at radius 3 is 2.50 bits per heavy atom. The van der Waals surface area contributed by atoms with Crippen LogP contribution in [0.2, 0.25) is 5.02 Å². The van der Waals surface area contributed by atoms with Gasteiger partial charge in [-0.15, -0.1) is 0 Å². The summed E-state index contributed by atoms with van der Waals surface area (Å²) in [5.74, 6) is -0.237. The van der Waals surface area contributed by atoms with Crippen molar-refractivity contribution in [3.05, 3.63) is 112 Å². The van der Waals surface area contributed by atoms with E-state index in [9.17, 15) is 4.39 Å². The van der Waals surface area contributed by atoms with E-state index in [0.717, 1.165) is 34.0 Å². The van der Waals surface area contributed by atoms with E-state index in [1.165, 1.54) is 6.07 Å². The molecule has 0 spiro atoms. The summed E-state index contributed by atoms with van der Waals surface area (Å²) in [5.41, 5.74) is 6.59. The van der Waals surface area contributed by atoms with Gasteiger partial charge in [0.1, 0.15) is 5.82 Å². The number of thiocarbonyl (C=S) groups is 1. The fraction of sp³-hybridized carbons (Fsp3) is 0.185. The first-order valence-corrected chi connectivity index (χ1v) is 11.9. The number of hydrogen-bond acceptors (Lipinski definition) is 2. The number of benzene rings is 2. The Morgan fingerprint density at radius 1 is 0.971 bits per heavy atom. The van der Waals surface area contributed by atoms with E-state index in [0.29, 0.717) is 15.7 Å². The van der Waals surface area contributed by atoms with E-state index < -0.39 is 0 Å². The molecule has 1 aliphatic heterocycles. The molecular formula is C27H24ClFN4S. The van der Waals surface area contributed by atoms with Crippen LogP contribution < -0.4 is 10.2 Å². The minimum absolute atomic E-state index is 0.174. The van der Waals surface area contributed by atoms with E-state index in [4.69, 9.17) is 23.8 Å². The standard InChI is InChI=1S/C27H24ClFN4S/c1-16-13-21(10-11-23(16)29)33-26(25(31-27(33)34)24-9-4-5-12-30-24)22-14-17(2)32(18(22)3)20-8-6-7-19(28)15-20/h4-15,25-26H,1-3H3,(H,31,34)/t25-,26+/m0/s1. The van der Waals surface area contributed by atoms with Gasteiger partial charge in [0, 0.05) is 34.0 Å². The summed E-state index contributed by atoms with van der Waals surface area (Å²) in [5, 5.41) is 4.74. The molecule has 5 rings (SSSR count). The molecule has 0 radical (unpaired) electrons. The largest absolute Gasteiger partial charge is 0.351 e. The molecule has 0 amide bonds. The zero-order valence-corrected chi connectivity index (χ0v) is 20.7. The Morgan fingerprint density at radius 2 is 1.79 bits per heavy atom. The van der Waals surface area contributed by atoms with Crippen molar-refractivity contribution in [1.82, 2.24) is 14.9 Å². The molecule has 2 aromatic heterocycles. The summed E-state index contributed by atoms with van der Waals surface area (Å²) in [7, 11) is 0. The molecule has 1 fully saturated rings. The molecule has 34 heavy (non-hydrogen) atoms. The highest BCUT2D eigenvalue weighted by Crippen LogP contribution is 2.44. The van der Waals surface area contributed by atoms with Gasteiger partial charge in [-0.25, -0.2) is 4.39 Å². The molecule has 3 heterocycles. The Balaban J connectivity index is 1.69. The van der Waals surface area contributed by atoms with Crippen LogP contribution in [0.1, 0.15) is 40.3 Å². The Labute approximate surface area is 209 Å². The Bertz CT molecular complexity index is 1380. The number of hydrogen-bond donors (Lipinski definition) is 1. The van der Waals surface area contributed by atoms with E-state index in [-0.39, 0.29) is 17.9 Å². The van der Waals surface area contributed by atoms with Crippen molar-refractivity contribution < 1.29 is 4.39 Å². The molecular weight excluding hydrogens is 467 g/mol. The first-order chi connectivity index (χ1) is 16.3. The Kier molecular flexibility index (Phi) is 5.88. The van der Waals surface area contributed by atoms with Crippen LogP contribution in [0, 0.1) is 26.6 Å². The number of aromatic nitrogens is 2. The third-order valence-electron chi connectivity index (χ3n) is 6.37. The van der Waals surface area contributed by atoms with Crippen molar-refractivity contribution >= 4 is 34.6 Å². The minimum atomic E-state index is -0.237. The molecule has 4 aromatic rings. The van der Waals surface area contributed by atoms with Gasteiger partial charge in [-0.3, -0.25) is 4.98 Å². The molecule has 0 unspecified atom stereocenters. The van der Waals surface area contributed by atoms with Crippen LogP contribution >= 0.6 is 23.8 Å². The lowest BCUT2D eigenvalue weighted by Crippen LogP contribution is -2.29. The van der Waals surface area contributed by atoms with Gasteiger partial charge >= 0.3 is 0 Å². The number of aryl methyl sites for hydroxylation is 2. The van der Waals surface area contributed by atoms with E-state index in [1.807, 2.05) is 48.5 Å². The fourth-order valence-corrected chi connectivity index (χ4v) is 5.36. The maximum atomic E-state index is 14.1. The third-order valence-corrected chi connectivity index (χ3v) is 6.92. The van der Waals surface area contributed by atoms with Crippen molar-refractivity contribution in [2.45, 2.75) is 32.9 Å². The van der Waals surface area contributed by atoms with Crippen LogP contribution in [-0.4, -0.2) is 14.7 Å². The normalized spacial score (nSPS) is 17.8. The highest BCUT2D eigenvalue weighted by Gasteiger charge is 2.42. The molecule has 0 bridgehead atoms. The van der Waals surface area contributed by atoms with Gasteiger partial charge in [-0.2, -0.15) is 0 Å². The maximum Gasteiger partial charge on any atom is 0.174 e. The average molecular weight is 491 g/mol. The number of halogens is 2. The van der Waals surface area contributed by atoms with Crippen LogP contribution in [0.15, 0.2) is 72.9 Å². The predicted octanol–water partition coefficient (Wildman–Crippen LogP) is 6.77. The zero-order valence-electron chi connectivity index (χ0n) is 19.1. The number of anilines is 1. The van der Waals surface area contributed by atoms with Crippen LogP contribution in [0.4, 0.5) is 10.1 Å². The van der Waals surface area contributed by atoms with Gasteiger partial charge in [0.05, 0.1) is 17.8 Å². The van der Waals surface area contributed by atoms with Crippen molar-refractivity contribution in [1.29, 1.82) is 0 Å². The monoisotopic (exact) mass is 490 g/mol. The molecule has 1 aliphatic rings. The van der Waals surface area contributed by atoms with Crippen LogP contribution in [0.5, 0.6) is 0 Å². The quantitative estimate of drug-likeness (QED) is 0.320. The number of nitrogens with one attached hydrogen (secondary N) is 1. The first kappa shape index (κ1) is 22.6. The summed E-state index contributed by atoms with van der Waals surface area (Å²) < 4.78 is 16.3. The van der Waals surface area contributed by atoms with Crippen LogP contribution in [0.3, 0.4) is 0 Å².